The maximum Gasteiger partial charge on any atom is 0.248 e. The van der Waals surface area contributed by atoms with E-state index < -0.39 is 0 Å². The summed E-state index contributed by atoms with van der Waals surface area (Å²) in [7, 11) is 1.68. The first-order chi connectivity index (χ1) is 9.90. The van der Waals surface area contributed by atoms with Crippen molar-refractivity contribution in [2.75, 3.05) is 13.7 Å². The van der Waals surface area contributed by atoms with Crippen LogP contribution in [0.3, 0.4) is 0 Å². The second-order valence-corrected chi connectivity index (χ2v) is 7.25. The summed E-state index contributed by atoms with van der Waals surface area (Å²) in [6.45, 7) is 7.43. The molecular formula is C16H22N2O2S. The van der Waals surface area contributed by atoms with Crippen LogP contribution in [-0.2, 0) is 16.1 Å². The molecule has 0 bridgehead atoms. The largest absolute Gasteiger partial charge is 0.383 e. The van der Waals surface area contributed by atoms with Gasteiger partial charge in [0.15, 0.2) is 4.80 Å². The topological polar surface area (TPSA) is 43.6 Å². The molecule has 1 heterocycles. The second-order valence-electron chi connectivity index (χ2n) is 6.24. The van der Waals surface area contributed by atoms with Gasteiger partial charge < -0.3 is 9.30 Å². The van der Waals surface area contributed by atoms with Crippen LogP contribution in [0.2, 0.25) is 0 Å². The van der Waals surface area contributed by atoms with Gasteiger partial charge in [-0.05, 0) is 17.5 Å². The summed E-state index contributed by atoms with van der Waals surface area (Å²) in [6, 6.07) is 8.10. The van der Waals surface area contributed by atoms with Crippen LogP contribution < -0.4 is 4.80 Å². The Morgan fingerprint density at radius 2 is 2.05 bits per heavy atom. The molecule has 0 aliphatic carbocycles. The predicted octanol–water partition coefficient (Wildman–Crippen LogP) is 3.21. The van der Waals surface area contributed by atoms with Crippen molar-refractivity contribution in [2.24, 2.45) is 10.4 Å². The standard InChI is InChI=1S/C16H22N2O2S/c1-16(2,3)11-14(19)17-15-18(9-10-20-4)12-7-5-6-8-13(12)21-15/h5-8H,9-11H2,1-4H3/b17-15-. The smallest absolute Gasteiger partial charge is 0.248 e. The Labute approximate surface area is 129 Å². The number of hydrogen-bond donors (Lipinski definition) is 0. The van der Waals surface area contributed by atoms with Gasteiger partial charge >= 0.3 is 0 Å². The van der Waals surface area contributed by atoms with E-state index in [-0.39, 0.29) is 11.3 Å². The third-order valence-corrected chi connectivity index (χ3v) is 4.07. The monoisotopic (exact) mass is 306 g/mol. The van der Waals surface area contributed by atoms with Crippen molar-refractivity contribution in [3.8, 4) is 0 Å². The lowest BCUT2D eigenvalue weighted by atomic mass is 9.92. The molecule has 0 aliphatic heterocycles. The molecule has 0 radical (unpaired) electrons. The fourth-order valence-corrected chi connectivity index (χ4v) is 3.18. The van der Waals surface area contributed by atoms with E-state index in [0.717, 1.165) is 15.0 Å². The number of carbonyl (C=O) groups is 1. The number of aromatic nitrogens is 1. The average molecular weight is 306 g/mol. The number of methoxy groups -OCH3 is 1. The summed E-state index contributed by atoms with van der Waals surface area (Å²) in [6.07, 6.45) is 0.450. The lowest BCUT2D eigenvalue weighted by Crippen LogP contribution is -2.20. The molecule has 1 aromatic carbocycles. The molecule has 0 saturated heterocycles. The van der Waals surface area contributed by atoms with Crippen LogP contribution in [0.4, 0.5) is 0 Å². The third kappa shape index (κ3) is 4.25. The van der Waals surface area contributed by atoms with Crippen molar-refractivity contribution >= 4 is 27.5 Å². The molecule has 0 atom stereocenters. The predicted molar refractivity (Wildman–Crippen MR) is 86.3 cm³/mol. The molecule has 4 nitrogen and oxygen atoms in total. The van der Waals surface area contributed by atoms with Crippen LogP contribution in [-0.4, -0.2) is 24.2 Å². The summed E-state index contributed by atoms with van der Waals surface area (Å²) in [5.74, 6) is -0.0692. The number of ether oxygens (including phenoxy) is 1. The number of rotatable bonds is 4. The maximum absolute atomic E-state index is 12.1. The highest BCUT2D eigenvalue weighted by Crippen LogP contribution is 2.20. The molecule has 0 N–H and O–H groups in total. The van der Waals surface area contributed by atoms with Crippen LogP contribution in [0.15, 0.2) is 29.3 Å². The summed E-state index contributed by atoms with van der Waals surface area (Å²) in [4.78, 5) is 17.2. The molecule has 0 fully saturated rings. The minimum Gasteiger partial charge on any atom is -0.383 e. The van der Waals surface area contributed by atoms with Crippen LogP contribution >= 0.6 is 11.3 Å². The Balaban J connectivity index is 2.44. The first-order valence-corrected chi connectivity index (χ1v) is 7.87. The van der Waals surface area contributed by atoms with Gasteiger partial charge in [0.1, 0.15) is 0 Å². The number of para-hydroxylation sites is 1. The van der Waals surface area contributed by atoms with E-state index in [2.05, 4.69) is 21.7 Å². The van der Waals surface area contributed by atoms with E-state index in [4.69, 9.17) is 4.74 Å². The molecule has 1 aromatic heterocycles. The SMILES string of the molecule is COCCn1/c(=N/C(=O)CC(C)(C)C)sc2ccccc21. The van der Waals surface area contributed by atoms with Crippen LogP contribution in [0.1, 0.15) is 27.2 Å². The second kappa shape index (κ2) is 6.54. The number of nitrogens with zero attached hydrogens (tertiary/aromatic N) is 2. The van der Waals surface area contributed by atoms with Crippen molar-refractivity contribution in [2.45, 2.75) is 33.7 Å². The summed E-state index contributed by atoms with van der Waals surface area (Å²) < 4.78 is 8.36. The van der Waals surface area contributed by atoms with Crippen LogP contribution in [0, 0.1) is 5.41 Å². The quantitative estimate of drug-likeness (QED) is 0.870. The maximum atomic E-state index is 12.1. The lowest BCUT2D eigenvalue weighted by molar-refractivity contribution is -0.119. The minimum atomic E-state index is -0.0692. The van der Waals surface area contributed by atoms with Gasteiger partial charge in [0.05, 0.1) is 16.8 Å². The van der Waals surface area contributed by atoms with Gasteiger partial charge in [0.2, 0.25) is 5.91 Å². The fraction of sp³-hybridized carbons (Fsp3) is 0.500. The van der Waals surface area contributed by atoms with E-state index in [9.17, 15) is 4.79 Å². The number of carbonyl (C=O) groups excluding carboxylic acids is 1. The van der Waals surface area contributed by atoms with E-state index >= 15 is 0 Å². The van der Waals surface area contributed by atoms with Gasteiger partial charge in [0.25, 0.3) is 0 Å². The highest BCUT2D eigenvalue weighted by Gasteiger charge is 2.16. The lowest BCUT2D eigenvalue weighted by Gasteiger charge is -2.14. The van der Waals surface area contributed by atoms with Crippen molar-refractivity contribution in [3.05, 3.63) is 29.1 Å². The van der Waals surface area contributed by atoms with Crippen molar-refractivity contribution in [3.63, 3.8) is 0 Å². The minimum absolute atomic E-state index is 0.0470. The number of thiazole rings is 1. The number of amides is 1. The molecule has 0 aliphatic rings. The van der Waals surface area contributed by atoms with E-state index in [1.54, 1.807) is 18.4 Å². The zero-order valence-electron chi connectivity index (χ0n) is 13.0. The molecule has 0 spiro atoms. The zero-order chi connectivity index (χ0) is 15.5. The summed E-state index contributed by atoms with van der Waals surface area (Å²) in [5.41, 5.74) is 1.05. The molecular weight excluding hydrogens is 284 g/mol. The number of hydrogen-bond acceptors (Lipinski definition) is 3. The van der Waals surface area contributed by atoms with E-state index in [1.807, 2.05) is 32.9 Å². The molecule has 114 valence electrons. The van der Waals surface area contributed by atoms with Crippen molar-refractivity contribution < 1.29 is 9.53 Å². The van der Waals surface area contributed by atoms with Crippen LogP contribution in [0.25, 0.3) is 10.2 Å². The van der Waals surface area contributed by atoms with Gasteiger partial charge in [-0.2, -0.15) is 4.99 Å². The molecule has 0 saturated carbocycles. The zero-order valence-corrected chi connectivity index (χ0v) is 13.9. The molecule has 1 amide bonds. The first-order valence-electron chi connectivity index (χ1n) is 7.05. The Bertz CT molecular complexity index is 692. The Hall–Kier alpha value is -1.46. The number of benzene rings is 1. The molecule has 5 heteroatoms. The molecule has 0 unspecified atom stereocenters. The fourth-order valence-electron chi connectivity index (χ4n) is 2.10. The third-order valence-electron chi connectivity index (χ3n) is 3.01. The first kappa shape index (κ1) is 15.9. The normalized spacial score (nSPS) is 13.0. The molecule has 2 aromatic rings. The van der Waals surface area contributed by atoms with E-state index in [1.165, 1.54) is 0 Å². The van der Waals surface area contributed by atoms with Crippen molar-refractivity contribution in [1.29, 1.82) is 0 Å². The van der Waals surface area contributed by atoms with Crippen molar-refractivity contribution in [1.82, 2.24) is 4.57 Å². The van der Waals surface area contributed by atoms with Gasteiger partial charge in [-0.15, -0.1) is 0 Å². The Morgan fingerprint density at radius 1 is 1.33 bits per heavy atom. The molecule has 2 rings (SSSR count). The van der Waals surface area contributed by atoms with E-state index in [0.29, 0.717) is 19.6 Å². The van der Waals surface area contributed by atoms with Gasteiger partial charge in [-0.25, -0.2) is 0 Å². The molecule has 21 heavy (non-hydrogen) atoms. The van der Waals surface area contributed by atoms with Crippen LogP contribution in [0.5, 0.6) is 0 Å². The number of fused-ring (bicyclic) bond motifs is 1. The Morgan fingerprint density at radius 3 is 2.71 bits per heavy atom. The highest BCUT2D eigenvalue weighted by atomic mass is 32.1. The summed E-state index contributed by atoms with van der Waals surface area (Å²) >= 11 is 1.55. The van der Waals surface area contributed by atoms with Gasteiger partial charge in [-0.1, -0.05) is 44.2 Å². The highest BCUT2D eigenvalue weighted by molar-refractivity contribution is 7.16. The average Bonchev–Trinajstić information content (AvgIpc) is 2.71. The summed E-state index contributed by atoms with van der Waals surface area (Å²) in [5, 5.41) is 0. The van der Waals surface area contributed by atoms with Gasteiger partial charge in [-0.3, -0.25) is 4.79 Å². The van der Waals surface area contributed by atoms with Gasteiger partial charge in [0, 0.05) is 20.1 Å². The Kier molecular flexibility index (Phi) is 4.96.